The first kappa shape index (κ1) is 19.6. The van der Waals surface area contributed by atoms with Crippen LogP contribution in [-0.4, -0.2) is 40.7 Å². The van der Waals surface area contributed by atoms with Crippen LogP contribution in [0.4, 0.5) is 0 Å². The van der Waals surface area contributed by atoms with Crippen molar-refractivity contribution < 1.29 is 9.59 Å². The fraction of sp³-hybridized carbons (Fsp3) is 0.455. The van der Waals surface area contributed by atoms with Gasteiger partial charge in [0.05, 0.1) is 6.04 Å². The number of rotatable bonds is 6. The molecule has 2 amide bonds. The maximum absolute atomic E-state index is 13.3. The second-order valence-corrected chi connectivity index (χ2v) is 8.08. The van der Waals surface area contributed by atoms with Crippen molar-refractivity contribution in [2.45, 2.75) is 52.1 Å². The molecule has 0 radical (unpaired) electrons. The third-order valence-corrected chi connectivity index (χ3v) is 6.45. The number of fused-ring (bicyclic) bond motifs is 1. The fourth-order valence-corrected chi connectivity index (χ4v) is 4.63. The maximum Gasteiger partial charge on any atom is 0.243 e. The molecule has 2 heterocycles. The lowest BCUT2D eigenvalue weighted by atomic mass is 9.93. The van der Waals surface area contributed by atoms with Crippen molar-refractivity contribution in [2.75, 3.05) is 13.1 Å². The second-order valence-electron chi connectivity index (χ2n) is 7.08. The molecule has 144 valence electrons. The molecule has 1 aromatic carbocycles. The largest absolute Gasteiger partial charge is 0.331 e. The van der Waals surface area contributed by atoms with Crippen LogP contribution in [0.1, 0.15) is 55.7 Å². The molecular weight excluding hydrogens is 356 g/mol. The van der Waals surface area contributed by atoms with Gasteiger partial charge in [-0.15, -0.1) is 11.3 Å². The SMILES string of the molecule is CCC(=O)N(CC(=O)N1CCc2sccc2[C@H]1c1ccccc1)[C@H](C)CC. The Hall–Kier alpha value is -2.14. The summed E-state index contributed by atoms with van der Waals surface area (Å²) < 4.78 is 0. The van der Waals surface area contributed by atoms with Crippen LogP contribution in [0.15, 0.2) is 41.8 Å². The van der Waals surface area contributed by atoms with Gasteiger partial charge in [0, 0.05) is 23.9 Å². The Balaban J connectivity index is 1.89. The van der Waals surface area contributed by atoms with Gasteiger partial charge < -0.3 is 9.80 Å². The molecule has 0 unspecified atom stereocenters. The van der Waals surface area contributed by atoms with Crippen molar-refractivity contribution in [3.63, 3.8) is 0 Å². The first-order chi connectivity index (χ1) is 13.1. The number of hydrogen-bond acceptors (Lipinski definition) is 3. The zero-order chi connectivity index (χ0) is 19.4. The van der Waals surface area contributed by atoms with E-state index in [9.17, 15) is 9.59 Å². The normalized spacial score (nSPS) is 17.3. The van der Waals surface area contributed by atoms with E-state index in [1.54, 1.807) is 16.2 Å². The van der Waals surface area contributed by atoms with Crippen molar-refractivity contribution in [2.24, 2.45) is 0 Å². The average Bonchev–Trinajstić information content (AvgIpc) is 3.19. The van der Waals surface area contributed by atoms with Gasteiger partial charge in [-0.2, -0.15) is 0 Å². The third-order valence-electron chi connectivity index (χ3n) is 5.45. The quantitative estimate of drug-likeness (QED) is 0.747. The Kier molecular flexibility index (Phi) is 6.32. The lowest BCUT2D eigenvalue weighted by Crippen LogP contribution is -2.49. The summed E-state index contributed by atoms with van der Waals surface area (Å²) in [6.45, 7) is 6.78. The molecule has 0 saturated carbocycles. The molecule has 1 aliphatic heterocycles. The summed E-state index contributed by atoms with van der Waals surface area (Å²) in [6, 6.07) is 12.3. The molecule has 27 heavy (non-hydrogen) atoms. The molecule has 0 saturated heterocycles. The molecule has 1 aromatic heterocycles. The van der Waals surface area contributed by atoms with E-state index in [2.05, 4.69) is 30.5 Å². The number of carbonyl (C=O) groups excluding carboxylic acids is 2. The predicted molar refractivity (Wildman–Crippen MR) is 110 cm³/mol. The second kappa shape index (κ2) is 8.70. The molecule has 1 aliphatic rings. The van der Waals surface area contributed by atoms with Crippen molar-refractivity contribution in [3.8, 4) is 0 Å². The molecule has 0 N–H and O–H groups in total. The number of benzene rings is 1. The summed E-state index contributed by atoms with van der Waals surface area (Å²) in [7, 11) is 0. The van der Waals surface area contributed by atoms with Crippen molar-refractivity contribution >= 4 is 23.2 Å². The number of hydrogen-bond donors (Lipinski definition) is 0. The summed E-state index contributed by atoms with van der Waals surface area (Å²) in [6.07, 6.45) is 2.15. The third kappa shape index (κ3) is 4.08. The van der Waals surface area contributed by atoms with E-state index in [4.69, 9.17) is 0 Å². The van der Waals surface area contributed by atoms with Crippen LogP contribution in [0.25, 0.3) is 0 Å². The Morgan fingerprint density at radius 1 is 1.22 bits per heavy atom. The Bertz CT molecular complexity index is 787. The van der Waals surface area contributed by atoms with Crippen molar-refractivity contribution in [1.82, 2.24) is 9.80 Å². The zero-order valence-corrected chi connectivity index (χ0v) is 17.2. The van der Waals surface area contributed by atoms with Crippen LogP contribution in [0.5, 0.6) is 0 Å². The first-order valence-corrected chi connectivity index (χ1v) is 10.6. The van der Waals surface area contributed by atoms with Gasteiger partial charge in [0.2, 0.25) is 11.8 Å². The predicted octanol–water partition coefficient (Wildman–Crippen LogP) is 4.26. The van der Waals surface area contributed by atoms with Gasteiger partial charge in [-0.1, -0.05) is 44.2 Å². The topological polar surface area (TPSA) is 40.6 Å². The summed E-state index contributed by atoms with van der Waals surface area (Å²) in [5.41, 5.74) is 2.35. The Morgan fingerprint density at radius 3 is 2.63 bits per heavy atom. The van der Waals surface area contributed by atoms with E-state index in [0.717, 1.165) is 18.4 Å². The van der Waals surface area contributed by atoms with E-state index in [1.165, 1.54) is 10.4 Å². The molecule has 0 spiro atoms. The van der Waals surface area contributed by atoms with E-state index in [0.29, 0.717) is 13.0 Å². The lowest BCUT2D eigenvalue weighted by Gasteiger charge is -2.38. The summed E-state index contributed by atoms with van der Waals surface area (Å²) in [5.74, 6) is 0.0741. The van der Waals surface area contributed by atoms with Gasteiger partial charge in [-0.05, 0) is 42.3 Å². The van der Waals surface area contributed by atoms with Gasteiger partial charge in [0.1, 0.15) is 6.54 Å². The standard InChI is InChI=1S/C22H28N2O2S/c1-4-16(3)24(20(25)5-2)15-21(26)23-13-11-19-18(12-14-27-19)22(23)17-9-7-6-8-10-17/h6-10,12,14,16,22H,4-5,11,13,15H2,1-3H3/t16-,22-/m1/s1. The minimum Gasteiger partial charge on any atom is -0.331 e. The van der Waals surface area contributed by atoms with Crippen LogP contribution in [0, 0.1) is 0 Å². The van der Waals surface area contributed by atoms with Gasteiger partial charge in [-0.25, -0.2) is 0 Å². The maximum atomic E-state index is 13.3. The zero-order valence-electron chi connectivity index (χ0n) is 16.4. The monoisotopic (exact) mass is 384 g/mol. The highest BCUT2D eigenvalue weighted by Crippen LogP contribution is 2.37. The van der Waals surface area contributed by atoms with Crippen LogP contribution < -0.4 is 0 Å². The van der Waals surface area contributed by atoms with Crippen molar-refractivity contribution in [1.29, 1.82) is 0 Å². The van der Waals surface area contributed by atoms with Crippen LogP contribution >= 0.6 is 11.3 Å². The van der Waals surface area contributed by atoms with Crippen molar-refractivity contribution in [3.05, 3.63) is 57.8 Å². The molecule has 3 rings (SSSR count). The summed E-state index contributed by atoms with van der Waals surface area (Å²) in [4.78, 5) is 30.8. The van der Waals surface area contributed by atoms with Crippen LogP contribution in [0.3, 0.4) is 0 Å². The number of nitrogens with zero attached hydrogens (tertiary/aromatic N) is 2. The summed E-state index contributed by atoms with van der Waals surface area (Å²) in [5, 5.41) is 2.11. The van der Waals surface area contributed by atoms with Crippen LogP contribution in [-0.2, 0) is 16.0 Å². The highest BCUT2D eigenvalue weighted by molar-refractivity contribution is 7.10. The van der Waals surface area contributed by atoms with Crippen LogP contribution in [0.2, 0.25) is 0 Å². The lowest BCUT2D eigenvalue weighted by molar-refractivity contribution is -0.143. The minimum atomic E-state index is -0.0655. The van der Waals surface area contributed by atoms with E-state index in [1.807, 2.05) is 36.9 Å². The average molecular weight is 385 g/mol. The molecule has 4 nitrogen and oxygen atoms in total. The highest BCUT2D eigenvalue weighted by atomic mass is 32.1. The fourth-order valence-electron chi connectivity index (χ4n) is 3.73. The number of thiophene rings is 1. The first-order valence-electron chi connectivity index (χ1n) is 9.76. The molecule has 5 heteroatoms. The smallest absolute Gasteiger partial charge is 0.243 e. The number of carbonyl (C=O) groups is 2. The Morgan fingerprint density at radius 2 is 1.96 bits per heavy atom. The van der Waals surface area contributed by atoms with E-state index in [-0.39, 0.29) is 30.4 Å². The molecule has 2 atom stereocenters. The molecule has 2 aromatic rings. The molecule has 0 bridgehead atoms. The molecular formula is C22H28N2O2S. The number of amides is 2. The minimum absolute atomic E-state index is 0.0304. The molecule has 0 aliphatic carbocycles. The van der Waals surface area contributed by atoms with Gasteiger partial charge in [-0.3, -0.25) is 9.59 Å². The highest BCUT2D eigenvalue weighted by Gasteiger charge is 2.34. The summed E-state index contributed by atoms with van der Waals surface area (Å²) >= 11 is 1.77. The van der Waals surface area contributed by atoms with Gasteiger partial charge in [0.25, 0.3) is 0 Å². The Labute approximate surface area is 165 Å². The van der Waals surface area contributed by atoms with E-state index >= 15 is 0 Å². The van der Waals surface area contributed by atoms with Gasteiger partial charge >= 0.3 is 0 Å². The molecule has 0 fully saturated rings. The van der Waals surface area contributed by atoms with Gasteiger partial charge in [0.15, 0.2) is 0 Å². The van der Waals surface area contributed by atoms with E-state index < -0.39 is 0 Å².